The molecule has 64 valence electrons. The van der Waals surface area contributed by atoms with Gasteiger partial charge in [0.05, 0.1) is 0 Å². The smallest absolute Gasteiger partial charge is 0.127 e. The maximum atomic E-state index is 12.9. The Bertz CT molecular complexity index is 312. The van der Waals surface area contributed by atoms with Gasteiger partial charge in [-0.3, -0.25) is 5.41 Å². The van der Waals surface area contributed by atoms with E-state index in [1.54, 1.807) is 6.07 Å². The number of rotatable bonds is 2. The molecule has 0 amide bonds. The van der Waals surface area contributed by atoms with Gasteiger partial charge in [-0.05, 0) is 23.8 Å². The lowest BCUT2D eigenvalue weighted by Crippen LogP contribution is -2.11. The van der Waals surface area contributed by atoms with Gasteiger partial charge in [0.1, 0.15) is 11.7 Å². The molecule has 0 radical (unpaired) electrons. The minimum Gasteiger partial charge on any atom is -0.384 e. The summed E-state index contributed by atoms with van der Waals surface area (Å²) in [5.41, 5.74) is 6.30. The summed E-state index contributed by atoms with van der Waals surface area (Å²) < 4.78 is 12.9. The van der Waals surface area contributed by atoms with Crippen LogP contribution in [0.5, 0.6) is 0 Å². The zero-order valence-electron chi connectivity index (χ0n) is 6.27. The second-order valence-corrected chi connectivity index (χ2v) is 2.91. The van der Waals surface area contributed by atoms with Crippen molar-refractivity contribution < 1.29 is 4.39 Å². The van der Waals surface area contributed by atoms with Crippen LogP contribution in [-0.4, -0.2) is 5.84 Å². The molecule has 0 atom stereocenters. The summed E-state index contributed by atoms with van der Waals surface area (Å²) in [6.07, 6.45) is 0. The highest BCUT2D eigenvalue weighted by molar-refractivity contribution is 9.08. The van der Waals surface area contributed by atoms with Gasteiger partial charge in [-0.15, -0.1) is 0 Å². The maximum absolute atomic E-state index is 12.9. The minimum atomic E-state index is -0.281. The van der Waals surface area contributed by atoms with E-state index in [1.165, 1.54) is 12.1 Å². The molecule has 0 saturated carbocycles. The molecule has 1 rings (SSSR count). The van der Waals surface area contributed by atoms with Crippen LogP contribution in [0.2, 0.25) is 0 Å². The first-order valence-corrected chi connectivity index (χ1v) is 4.46. The Morgan fingerprint density at radius 2 is 2.25 bits per heavy atom. The molecule has 3 N–H and O–H groups in total. The third-order valence-corrected chi connectivity index (χ3v) is 2.10. The SMILES string of the molecule is N=C(N)c1ccc(F)c(CBr)c1. The van der Waals surface area contributed by atoms with Crippen molar-refractivity contribution in [2.75, 3.05) is 0 Å². The van der Waals surface area contributed by atoms with Crippen molar-refractivity contribution in [3.63, 3.8) is 0 Å². The Morgan fingerprint density at radius 1 is 1.58 bits per heavy atom. The van der Waals surface area contributed by atoms with E-state index in [2.05, 4.69) is 15.9 Å². The Balaban J connectivity index is 3.13. The predicted molar refractivity (Wildman–Crippen MR) is 50.0 cm³/mol. The van der Waals surface area contributed by atoms with Gasteiger partial charge in [0.15, 0.2) is 0 Å². The van der Waals surface area contributed by atoms with Gasteiger partial charge < -0.3 is 5.73 Å². The fourth-order valence-electron chi connectivity index (χ4n) is 0.845. The first kappa shape index (κ1) is 9.19. The Labute approximate surface area is 78.2 Å². The number of halogens is 2. The van der Waals surface area contributed by atoms with E-state index in [1.807, 2.05) is 0 Å². The molecule has 0 aliphatic rings. The van der Waals surface area contributed by atoms with Gasteiger partial charge in [-0.2, -0.15) is 0 Å². The van der Waals surface area contributed by atoms with E-state index in [4.69, 9.17) is 11.1 Å². The van der Waals surface area contributed by atoms with Crippen molar-refractivity contribution in [1.29, 1.82) is 5.41 Å². The number of amidine groups is 1. The predicted octanol–water partition coefficient (Wildman–Crippen LogP) is 2.00. The lowest BCUT2D eigenvalue weighted by atomic mass is 10.1. The normalized spacial score (nSPS) is 9.83. The molecule has 0 bridgehead atoms. The van der Waals surface area contributed by atoms with E-state index >= 15 is 0 Å². The molecule has 0 unspecified atom stereocenters. The minimum absolute atomic E-state index is 0.0443. The molecule has 1 aromatic carbocycles. The molecule has 0 aromatic heterocycles. The standard InChI is InChI=1S/C8H8BrFN2/c9-4-6-3-5(8(11)12)1-2-7(6)10/h1-3H,4H2,(H3,11,12). The molecule has 0 aliphatic carbocycles. The van der Waals surface area contributed by atoms with Gasteiger partial charge in [0, 0.05) is 10.9 Å². The summed E-state index contributed by atoms with van der Waals surface area (Å²) in [4.78, 5) is 0. The first-order valence-electron chi connectivity index (χ1n) is 3.34. The van der Waals surface area contributed by atoms with Gasteiger partial charge >= 0.3 is 0 Å². The highest BCUT2D eigenvalue weighted by atomic mass is 79.9. The van der Waals surface area contributed by atoms with Crippen molar-refractivity contribution >= 4 is 21.8 Å². The Hall–Kier alpha value is -0.900. The van der Waals surface area contributed by atoms with Crippen LogP contribution in [-0.2, 0) is 5.33 Å². The van der Waals surface area contributed by atoms with E-state index in [9.17, 15) is 4.39 Å². The highest BCUT2D eigenvalue weighted by Gasteiger charge is 2.03. The average molecular weight is 231 g/mol. The van der Waals surface area contributed by atoms with E-state index < -0.39 is 0 Å². The number of benzene rings is 1. The molecule has 0 saturated heterocycles. The van der Waals surface area contributed by atoms with Crippen LogP contribution in [0.3, 0.4) is 0 Å². The van der Waals surface area contributed by atoms with Crippen molar-refractivity contribution in [3.8, 4) is 0 Å². The number of hydrogen-bond acceptors (Lipinski definition) is 1. The van der Waals surface area contributed by atoms with Gasteiger partial charge in [-0.1, -0.05) is 15.9 Å². The van der Waals surface area contributed by atoms with E-state index in [-0.39, 0.29) is 11.7 Å². The van der Waals surface area contributed by atoms with Crippen LogP contribution in [0, 0.1) is 11.2 Å². The average Bonchev–Trinajstić information content (AvgIpc) is 2.05. The lowest BCUT2D eigenvalue weighted by Gasteiger charge is -2.01. The molecule has 0 fully saturated rings. The summed E-state index contributed by atoms with van der Waals surface area (Å²) in [6.45, 7) is 0. The fourth-order valence-corrected chi connectivity index (χ4v) is 1.27. The van der Waals surface area contributed by atoms with Gasteiger partial charge in [-0.25, -0.2) is 4.39 Å². The summed E-state index contributed by atoms with van der Waals surface area (Å²) in [5.74, 6) is -0.325. The quantitative estimate of drug-likeness (QED) is 0.456. The third kappa shape index (κ3) is 1.82. The van der Waals surface area contributed by atoms with Crippen molar-refractivity contribution in [1.82, 2.24) is 0 Å². The van der Waals surface area contributed by atoms with Crippen LogP contribution < -0.4 is 5.73 Å². The lowest BCUT2D eigenvalue weighted by molar-refractivity contribution is 0.617. The number of alkyl halides is 1. The second-order valence-electron chi connectivity index (χ2n) is 2.35. The molecule has 0 heterocycles. The number of hydrogen-bond donors (Lipinski definition) is 2. The van der Waals surface area contributed by atoms with Crippen molar-refractivity contribution in [3.05, 3.63) is 35.1 Å². The molecule has 2 nitrogen and oxygen atoms in total. The van der Waals surface area contributed by atoms with E-state index in [0.29, 0.717) is 16.5 Å². The largest absolute Gasteiger partial charge is 0.384 e. The fraction of sp³-hybridized carbons (Fsp3) is 0.125. The zero-order chi connectivity index (χ0) is 9.14. The first-order chi connectivity index (χ1) is 5.65. The monoisotopic (exact) mass is 230 g/mol. The molecule has 4 heteroatoms. The van der Waals surface area contributed by atoms with E-state index in [0.717, 1.165) is 0 Å². The highest BCUT2D eigenvalue weighted by Crippen LogP contribution is 2.13. The van der Waals surface area contributed by atoms with Crippen molar-refractivity contribution in [2.24, 2.45) is 5.73 Å². The zero-order valence-corrected chi connectivity index (χ0v) is 7.86. The van der Waals surface area contributed by atoms with Crippen LogP contribution in [0.4, 0.5) is 4.39 Å². The Kier molecular flexibility index (Phi) is 2.81. The summed E-state index contributed by atoms with van der Waals surface area (Å²) in [6, 6.07) is 4.36. The van der Waals surface area contributed by atoms with Gasteiger partial charge in [0.25, 0.3) is 0 Å². The molecule has 12 heavy (non-hydrogen) atoms. The summed E-state index contributed by atoms with van der Waals surface area (Å²) in [7, 11) is 0. The summed E-state index contributed by atoms with van der Waals surface area (Å²) >= 11 is 3.14. The molecular formula is C8H8BrFN2. The van der Waals surface area contributed by atoms with Crippen LogP contribution >= 0.6 is 15.9 Å². The molecular weight excluding hydrogens is 223 g/mol. The number of nitrogen functional groups attached to an aromatic ring is 1. The van der Waals surface area contributed by atoms with Crippen LogP contribution in [0.1, 0.15) is 11.1 Å². The van der Waals surface area contributed by atoms with Crippen LogP contribution in [0.15, 0.2) is 18.2 Å². The van der Waals surface area contributed by atoms with Gasteiger partial charge in [0.2, 0.25) is 0 Å². The molecule has 0 spiro atoms. The Morgan fingerprint density at radius 3 is 2.75 bits per heavy atom. The molecule has 0 aliphatic heterocycles. The topological polar surface area (TPSA) is 49.9 Å². The third-order valence-electron chi connectivity index (χ3n) is 1.50. The molecule has 1 aromatic rings. The number of nitrogens with one attached hydrogen (secondary N) is 1. The summed E-state index contributed by atoms with van der Waals surface area (Å²) in [5, 5.41) is 7.55. The maximum Gasteiger partial charge on any atom is 0.127 e. The van der Waals surface area contributed by atoms with Crippen LogP contribution in [0.25, 0.3) is 0 Å². The number of nitrogens with two attached hydrogens (primary N) is 1. The van der Waals surface area contributed by atoms with Crippen molar-refractivity contribution in [2.45, 2.75) is 5.33 Å². The second kappa shape index (κ2) is 3.67.